The zero-order valence-electron chi connectivity index (χ0n) is 11.2. The first-order chi connectivity index (χ1) is 9.62. The van der Waals surface area contributed by atoms with Gasteiger partial charge >= 0.3 is 0 Å². The molecule has 0 saturated heterocycles. The molecule has 0 aliphatic heterocycles. The van der Waals surface area contributed by atoms with Crippen LogP contribution in [0.4, 0.5) is 14.5 Å². The summed E-state index contributed by atoms with van der Waals surface area (Å²) in [6.07, 6.45) is 0. The zero-order valence-corrected chi connectivity index (χ0v) is 11.2. The van der Waals surface area contributed by atoms with Crippen molar-refractivity contribution in [1.29, 1.82) is 0 Å². The number of hydrogen-bond acceptors (Lipinski definition) is 3. The minimum Gasteiger partial charge on any atom is -0.493 e. The summed E-state index contributed by atoms with van der Waals surface area (Å²) in [5.74, 6) is 0.0184. The summed E-state index contributed by atoms with van der Waals surface area (Å²) in [6.45, 7) is 0.420. The number of methoxy groups -OCH3 is 2. The molecule has 0 aromatic heterocycles. The molecule has 0 unspecified atom stereocenters. The van der Waals surface area contributed by atoms with Gasteiger partial charge in [0.05, 0.1) is 14.2 Å². The lowest BCUT2D eigenvalue weighted by molar-refractivity contribution is 0.354. The molecule has 1 N–H and O–H groups in total. The first-order valence-electron chi connectivity index (χ1n) is 6.03. The van der Waals surface area contributed by atoms with Gasteiger partial charge in [-0.2, -0.15) is 0 Å². The molecule has 0 aliphatic carbocycles. The van der Waals surface area contributed by atoms with E-state index in [4.69, 9.17) is 9.47 Å². The summed E-state index contributed by atoms with van der Waals surface area (Å²) in [7, 11) is 3.11. The van der Waals surface area contributed by atoms with Crippen molar-refractivity contribution in [2.24, 2.45) is 0 Å². The molecule has 0 amide bonds. The van der Waals surface area contributed by atoms with E-state index in [1.807, 2.05) is 12.1 Å². The molecule has 0 fully saturated rings. The maximum absolute atomic E-state index is 13.1. The molecule has 0 saturated carbocycles. The quantitative estimate of drug-likeness (QED) is 0.907. The number of hydrogen-bond donors (Lipinski definition) is 1. The Balaban J connectivity index is 2.10. The second-order valence-corrected chi connectivity index (χ2v) is 4.20. The Hall–Kier alpha value is -2.30. The molecule has 5 heteroatoms. The van der Waals surface area contributed by atoms with E-state index in [0.717, 1.165) is 11.6 Å². The lowest BCUT2D eigenvalue weighted by Gasteiger charge is -2.11. The first kappa shape index (κ1) is 14.1. The topological polar surface area (TPSA) is 30.5 Å². The summed E-state index contributed by atoms with van der Waals surface area (Å²) in [5, 5.41) is 2.96. The number of benzene rings is 2. The fourth-order valence-corrected chi connectivity index (χ4v) is 1.85. The van der Waals surface area contributed by atoms with Crippen LogP contribution in [0.15, 0.2) is 36.4 Å². The highest BCUT2D eigenvalue weighted by Gasteiger charge is 2.05. The molecule has 3 nitrogen and oxygen atoms in total. The van der Waals surface area contributed by atoms with Crippen LogP contribution in [0.1, 0.15) is 5.56 Å². The van der Waals surface area contributed by atoms with Crippen LogP contribution in [-0.4, -0.2) is 14.2 Å². The molecule has 0 atom stereocenters. The molecular formula is C15H15F2NO2. The van der Waals surface area contributed by atoms with Crippen LogP contribution in [-0.2, 0) is 6.54 Å². The molecule has 2 rings (SSSR count). The van der Waals surface area contributed by atoms with Gasteiger partial charge in [-0.15, -0.1) is 0 Å². The Kier molecular flexibility index (Phi) is 4.40. The van der Waals surface area contributed by atoms with E-state index >= 15 is 0 Å². The number of anilines is 1. The summed E-state index contributed by atoms with van der Waals surface area (Å²) in [4.78, 5) is 0. The van der Waals surface area contributed by atoms with Gasteiger partial charge < -0.3 is 14.8 Å². The van der Waals surface area contributed by atoms with E-state index in [-0.39, 0.29) is 0 Å². The minimum absolute atomic E-state index is 0.386. The largest absolute Gasteiger partial charge is 0.493 e. The number of nitrogens with one attached hydrogen (secondary N) is 1. The third kappa shape index (κ3) is 3.38. The van der Waals surface area contributed by atoms with Gasteiger partial charge in [0.25, 0.3) is 0 Å². The second-order valence-electron chi connectivity index (χ2n) is 4.20. The van der Waals surface area contributed by atoms with E-state index in [0.29, 0.717) is 23.7 Å². The van der Waals surface area contributed by atoms with Gasteiger partial charge in [-0.3, -0.25) is 0 Å². The van der Waals surface area contributed by atoms with Crippen LogP contribution in [0.2, 0.25) is 0 Å². The lowest BCUT2D eigenvalue weighted by Crippen LogP contribution is -2.01. The number of rotatable bonds is 5. The van der Waals surface area contributed by atoms with Gasteiger partial charge in [-0.05, 0) is 29.8 Å². The molecule has 0 radical (unpaired) electrons. The molecule has 0 heterocycles. The third-order valence-corrected chi connectivity index (χ3v) is 2.81. The molecule has 106 valence electrons. The predicted octanol–water partition coefficient (Wildman–Crippen LogP) is 3.59. The SMILES string of the molecule is COc1ccc(CNc2cc(F)cc(F)c2)cc1OC. The maximum Gasteiger partial charge on any atom is 0.161 e. The highest BCUT2D eigenvalue weighted by Crippen LogP contribution is 2.27. The standard InChI is InChI=1S/C15H15F2NO2/c1-19-14-4-3-10(5-15(14)20-2)9-18-13-7-11(16)6-12(17)8-13/h3-8,18H,9H2,1-2H3. The summed E-state index contributed by atoms with van der Waals surface area (Å²) in [6, 6.07) is 8.75. The fourth-order valence-electron chi connectivity index (χ4n) is 1.85. The predicted molar refractivity (Wildman–Crippen MR) is 73.2 cm³/mol. The molecule has 20 heavy (non-hydrogen) atoms. The van der Waals surface area contributed by atoms with Crippen LogP contribution in [0.5, 0.6) is 11.5 Å². The van der Waals surface area contributed by atoms with Gasteiger partial charge in [-0.25, -0.2) is 8.78 Å². The Morgan fingerprint density at radius 2 is 1.55 bits per heavy atom. The zero-order chi connectivity index (χ0) is 14.5. The van der Waals surface area contributed by atoms with Gasteiger partial charge in [-0.1, -0.05) is 6.07 Å². The first-order valence-corrected chi connectivity index (χ1v) is 6.03. The van der Waals surface area contributed by atoms with E-state index in [9.17, 15) is 8.78 Å². The lowest BCUT2D eigenvalue weighted by atomic mass is 10.2. The highest BCUT2D eigenvalue weighted by molar-refractivity contribution is 5.47. The van der Waals surface area contributed by atoms with Gasteiger partial charge in [0.2, 0.25) is 0 Å². The average molecular weight is 279 g/mol. The summed E-state index contributed by atoms with van der Waals surface area (Å²) in [5.41, 5.74) is 1.30. The smallest absolute Gasteiger partial charge is 0.161 e. The summed E-state index contributed by atoms with van der Waals surface area (Å²) < 4.78 is 36.4. The van der Waals surface area contributed by atoms with Gasteiger partial charge in [0.1, 0.15) is 11.6 Å². The number of halogens is 2. The number of ether oxygens (including phenoxy) is 2. The Bertz CT molecular complexity index is 582. The third-order valence-electron chi connectivity index (χ3n) is 2.81. The molecule has 2 aromatic rings. The van der Waals surface area contributed by atoms with Crippen LogP contribution >= 0.6 is 0 Å². The van der Waals surface area contributed by atoms with Gasteiger partial charge in [0.15, 0.2) is 11.5 Å². The molecular weight excluding hydrogens is 264 g/mol. The monoisotopic (exact) mass is 279 g/mol. The molecule has 2 aromatic carbocycles. The van der Waals surface area contributed by atoms with Crippen LogP contribution < -0.4 is 14.8 Å². The molecule has 0 aliphatic rings. The minimum atomic E-state index is -0.611. The van der Waals surface area contributed by atoms with E-state index in [2.05, 4.69) is 5.32 Å². The Morgan fingerprint density at radius 3 is 2.15 bits per heavy atom. The molecule has 0 spiro atoms. The Labute approximate surface area is 116 Å². The molecule has 0 bridgehead atoms. The van der Waals surface area contributed by atoms with Crippen molar-refractivity contribution in [3.8, 4) is 11.5 Å². The van der Waals surface area contributed by atoms with E-state index in [1.54, 1.807) is 20.3 Å². The van der Waals surface area contributed by atoms with Crippen molar-refractivity contribution in [3.05, 3.63) is 53.6 Å². The average Bonchev–Trinajstić information content (AvgIpc) is 2.43. The van der Waals surface area contributed by atoms with Crippen molar-refractivity contribution >= 4 is 5.69 Å². The fraction of sp³-hybridized carbons (Fsp3) is 0.200. The Morgan fingerprint density at radius 1 is 0.900 bits per heavy atom. The van der Waals surface area contributed by atoms with Crippen LogP contribution in [0.25, 0.3) is 0 Å². The van der Waals surface area contributed by atoms with Crippen molar-refractivity contribution in [1.82, 2.24) is 0 Å². The highest BCUT2D eigenvalue weighted by atomic mass is 19.1. The van der Waals surface area contributed by atoms with Crippen LogP contribution in [0, 0.1) is 11.6 Å². The normalized spacial score (nSPS) is 10.2. The van der Waals surface area contributed by atoms with Crippen molar-refractivity contribution in [2.75, 3.05) is 19.5 Å². The summed E-state index contributed by atoms with van der Waals surface area (Å²) >= 11 is 0. The second kappa shape index (κ2) is 6.23. The van der Waals surface area contributed by atoms with Crippen molar-refractivity contribution < 1.29 is 18.3 Å². The van der Waals surface area contributed by atoms with Crippen molar-refractivity contribution in [2.45, 2.75) is 6.54 Å². The van der Waals surface area contributed by atoms with Crippen molar-refractivity contribution in [3.63, 3.8) is 0 Å². The van der Waals surface area contributed by atoms with Gasteiger partial charge in [0, 0.05) is 18.3 Å². The van der Waals surface area contributed by atoms with E-state index < -0.39 is 11.6 Å². The van der Waals surface area contributed by atoms with Crippen LogP contribution in [0.3, 0.4) is 0 Å². The maximum atomic E-state index is 13.1. The van der Waals surface area contributed by atoms with E-state index in [1.165, 1.54) is 12.1 Å².